The van der Waals surface area contributed by atoms with Crippen molar-refractivity contribution in [3.63, 3.8) is 0 Å². The van der Waals surface area contributed by atoms with E-state index in [1.807, 2.05) is 18.2 Å². The van der Waals surface area contributed by atoms with Crippen molar-refractivity contribution in [2.24, 2.45) is 0 Å². The average molecular weight is 370 g/mol. The molecule has 0 radical (unpaired) electrons. The molecular formula is C18H12ClN3O2S. The second-order valence-corrected chi connectivity index (χ2v) is 7.06. The van der Waals surface area contributed by atoms with Gasteiger partial charge in [0.1, 0.15) is 5.15 Å². The minimum absolute atomic E-state index is 0.0337. The first-order valence-electron chi connectivity index (χ1n) is 7.67. The number of benzene rings is 2. The van der Waals surface area contributed by atoms with Crippen LogP contribution in [0.4, 0.5) is 5.69 Å². The van der Waals surface area contributed by atoms with Crippen molar-refractivity contribution in [2.45, 2.75) is 11.3 Å². The first kappa shape index (κ1) is 16.1. The molecule has 0 atom stereocenters. The third kappa shape index (κ3) is 2.99. The molecule has 0 fully saturated rings. The van der Waals surface area contributed by atoms with Gasteiger partial charge in [-0.1, -0.05) is 29.8 Å². The van der Waals surface area contributed by atoms with Crippen LogP contribution in [0.1, 0.15) is 5.56 Å². The molecule has 3 aromatic rings. The summed E-state index contributed by atoms with van der Waals surface area (Å²) in [4.78, 5) is 20.7. The molecule has 4 rings (SSSR count). The van der Waals surface area contributed by atoms with Crippen LogP contribution in [0, 0.1) is 10.1 Å². The van der Waals surface area contributed by atoms with Crippen LogP contribution < -0.4 is 0 Å². The minimum atomic E-state index is -0.428. The Morgan fingerprint density at radius 3 is 2.60 bits per heavy atom. The van der Waals surface area contributed by atoms with Gasteiger partial charge < -0.3 is 0 Å². The number of nitro groups is 1. The zero-order valence-corrected chi connectivity index (χ0v) is 14.5. The minimum Gasteiger partial charge on any atom is -0.258 e. The molecule has 1 aromatic heterocycles. The molecule has 0 N–H and O–H groups in total. The Kier molecular flexibility index (Phi) is 4.15. The lowest BCUT2D eigenvalue weighted by Gasteiger charge is -2.11. The van der Waals surface area contributed by atoms with Crippen molar-refractivity contribution in [3.05, 3.63) is 69.4 Å². The third-order valence-electron chi connectivity index (χ3n) is 4.04. The topological polar surface area (TPSA) is 68.9 Å². The molecule has 0 spiro atoms. The summed E-state index contributed by atoms with van der Waals surface area (Å²) in [5, 5.41) is 11.3. The summed E-state index contributed by atoms with van der Waals surface area (Å²) in [6.07, 6.45) is 0.800. The van der Waals surface area contributed by atoms with Gasteiger partial charge in [0.2, 0.25) is 0 Å². The highest BCUT2D eigenvalue weighted by Crippen LogP contribution is 2.39. The second kappa shape index (κ2) is 6.46. The smallest absolute Gasteiger partial charge is 0.258 e. The van der Waals surface area contributed by atoms with Gasteiger partial charge in [-0.3, -0.25) is 10.1 Å². The van der Waals surface area contributed by atoms with E-state index in [-0.39, 0.29) is 5.69 Å². The quantitative estimate of drug-likeness (QED) is 0.360. The predicted octanol–water partition coefficient (Wildman–Crippen LogP) is 5.02. The van der Waals surface area contributed by atoms with E-state index < -0.39 is 4.92 Å². The fourth-order valence-corrected chi connectivity index (χ4v) is 4.10. The number of nitrogens with zero attached hydrogens (tertiary/aromatic N) is 3. The van der Waals surface area contributed by atoms with Crippen LogP contribution in [0.15, 0.2) is 53.4 Å². The van der Waals surface area contributed by atoms with E-state index in [0.717, 1.165) is 29.0 Å². The average Bonchev–Trinajstić information content (AvgIpc) is 2.82. The summed E-state index contributed by atoms with van der Waals surface area (Å²) < 4.78 is 0. The number of non-ortho nitro benzene ring substituents is 1. The van der Waals surface area contributed by atoms with Gasteiger partial charge in [-0.05, 0) is 24.6 Å². The third-order valence-corrected chi connectivity index (χ3v) is 5.43. The lowest BCUT2D eigenvalue weighted by Crippen LogP contribution is -2.00. The highest BCUT2D eigenvalue weighted by Gasteiger charge is 2.21. The zero-order valence-electron chi connectivity index (χ0n) is 13.0. The molecule has 0 amide bonds. The fraction of sp³-hybridized carbons (Fsp3) is 0.111. The van der Waals surface area contributed by atoms with Crippen molar-refractivity contribution in [1.82, 2.24) is 9.97 Å². The number of aromatic nitrogens is 2. The molecule has 0 aliphatic carbocycles. The van der Waals surface area contributed by atoms with E-state index in [4.69, 9.17) is 16.6 Å². The van der Waals surface area contributed by atoms with E-state index in [2.05, 4.69) is 11.1 Å². The molecule has 0 bridgehead atoms. The van der Waals surface area contributed by atoms with Crippen molar-refractivity contribution in [1.29, 1.82) is 0 Å². The summed E-state index contributed by atoms with van der Waals surface area (Å²) in [7, 11) is 0. The molecule has 124 valence electrons. The Labute approximate surface area is 153 Å². The van der Waals surface area contributed by atoms with Gasteiger partial charge in [0.25, 0.3) is 5.69 Å². The van der Waals surface area contributed by atoms with Crippen LogP contribution >= 0.6 is 23.4 Å². The molecule has 2 aromatic carbocycles. The standard InChI is InChI=1S/C18H12ClN3O2S/c19-17-14-9-10-25-15-4-2-1-3-13(15)16(14)20-18(21-17)11-5-7-12(8-6-11)22(23)24/h1-8H,9-10H2. The van der Waals surface area contributed by atoms with Crippen LogP contribution in [0.25, 0.3) is 22.6 Å². The van der Waals surface area contributed by atoms with E-state index in [1.54, 1.807) is 23.9 Å². The highest BCUT2D eigenvalue weighted by atomic mass is 35.5. The summed E-state index contributed by atoms with van der Waals surface area (Å²) in [6.45, 7) is 0. The van der Waals surface area contributed by atoms with Crippen molar-refractivity contribution in [2.75, 3.05) is 5.75 Å². The van der Waals surface area contributed by atoms with Gasteiger partial charge in [0.05, 0.1) is 10.6 Å². The van der Waals surface area contributed by atoms with Gasteiger partial charge in [0, 0.05) is 39.5 Å². The molecule has 0 saturated heterocycles. The summed E-state index contributed by atoms with van der Waals surface area (Å²) >= 11 is 8.23. The number of rotatable bonds is 2. The summed E-state index contributed by atoms with van der Waals surface area (Å²) in [5.74, 6) is 1.39. The van der Waals surface area contributed by atoms with Crippen LogP contribution in [0.3, 0.4) is 0 Å². The van der Waals surface area contributed by atoms with Crippen molar-refractivity contribution < 1.29 is 4.92 Å². The molecular weight excluding hydrogens is 358 g/mol. The van der Waals surface area contributed by atoms with Gasteiger partial charge in [-0.25, -0.2) is 9.97 Å². The monoisotopic (exact) mass is 369 g/mol. The normalized spacial score (nSPS) is 12.8. The van der Waals surface area contributed by atoms with E-state index in [1.165, 1.54) is 17.0 Å². The Bertz CT molecular complexity index is 977. The maximum absolute atomic E-state index is 10.8. The van der Waals surface area contributed by atoms with E-state index in [9.17, 15) is 10.1 Å². The molecule has 2 heterocycles. The molecule has 1 aliphatic heterocycles. The first-order chi connectivity index (χ1) is 12.1. The molecule has 0 saturated carbocycles. The highest BCUT2D eigenvalue weighted by molar-refractivity contribution is 7.99. The van der Waals surface area contributed by atoms with Gasteiger partial charge >= 0.3 is 0 Å². The largest absolute Gasteiger partial charge is 0.269 e. The van der Waals surface area contributed by atoms with Crippen LogP contribution in [0.2, 0.25) is 5.15 Å². The maximum Gasteiger partial charge on any atom is 0.269 e. The van der Waals surface area contributed by atoms with Crippen LogP contribution in [-0.2, 0) is 6.42 Å². The number of nitro benzene ring substituents is 1. The van der Waals surface area contributed by atoms with E-state index in [0.29, 0.717) is 16.5 Å². The lowest BCUT2D eigenvalue weighted by atomic mass is 10.0. The van der Waals surface area contributed by atoms with Gasteiger partial charge in [0.15, 0.2) is 5.82 Å². The molecule has 0 unspecified atom stereocenters. The number of halogens is 1. The Morgan fingerprint density at radius 2 is 1.84 bits per heavy atom. The number of hydrogen-bond acceptors (Lipinski definition) is 5. The van der Waals surface area contributed by atoms with Crippen molar-refractivity contribution >= 4 is 29.1 Å². The lowest BCUT2D eigenvalue weighted by molar-refractivity contribution is -0.384. The number of thioether (sulfide) groups is 1. The van der Waals surface area contributed by atoms with Gasteiger partial charge in [-0.2, -0.15) is 0 Å². The Balaban J connectivity index is 1.87. The van der Waals surface area contributed by atoms with Gasteiger partial charge in [-0.15, -0.1) is 11.8 Å². The molecule has 25 heavy (non-hydrogen) atoms. The SMILES string of the molecule is O=[N+]([O-])c1ccc(-c2nc(Cl)c3c(n2)-c2ccccc2SCC3)cc1. The summed E-state index contributed by atoms with van der Waals surface area (Å²) in [5.41, 5.74) is 3.57. The molecule has 5 nitrogen and oxygen atoms in total. The second-order valence-electron chi connectivity index (χ2n) is 5.56. The fourth-order valence-electron chi connectivity index (χ4n) is 2.81. The number of fused-ring (bicyclic) bond motifs is 3. The molecule has 7 heteroatoms. The van der Waals surface area contributed by atoms with Crippen molar-refractivity contribution in [3.8, 4) is 22.6 Å². The van der Waals surface area contributed by atoms with E-state index >= 15 is 0 Å². The zero-order chi connectivity index (χ0) is 17.4. The Morgan fingerprint density at radius 1 is 1.08 bits per heavy atom. The maximum atomic E-state index is 10.8. The number of hydrogen-bond donors (Lipinski definition) is 0. The first-order valence-corrected chi connectivity index (χ1v) is 9.03. The van der Waals surface area contributed by atoms with Crippen LogP contribution in [-0.4, -0.2) is 20.6 Å². The summed E-state index contributed by atoms with van der Waals surface area (Å²) in [6, 6.07) is 14.3. The molecule has 1 aliphatic rings. The van der Waals surface area contributed by atoms with Crippen LogP contribution in [0.5, 0.6) is 0 Å². The predicted molar refractivity (Wildman–Crippen MR) is 99.0 cm³/mol. The Hall–Kier alpha value is -2.44.